The number of likely N-dealkylation sites (N-methyl/N-ethyl adjacent to an activating group) is 1. The summed E-state index contributed by atoms with van der Waals surface area (Å²) in [6.07, 6.45) is 6.72. The molecule has 42 heavy (non-hydrogen) atoms. The van der Waals surface area contributed by atoms with Gasteiger partial charge in [0.15, 0.2) is 0 Å². The van der Waals surface area contributed by atoms with Crippen molar-refractivity contribution in [3.05, 3.63) is 57.8 Å². The van der Waals surface area contributed by atoms with E-state index < -0.39 is 12.0 Å². The molecule has 1 aromatic carbocycles. The van der Waals surface area contributed by atoms with Crippen LogP contribution in [0.3, 0.4) is 0 Å². The number of aryl methyl sites for hydroxylation is 4. The molecule has 1 amide bonds. The first kappa shape index (κ1) is 30.4. The lowest BCUT2D eigenvalue weighted by Gasteiger charge is -2.35. The van der Waals surface area contributed by atoms with Crippen molar-refractivity contribution in [1.29, 1.82) is 0 Å². The Labute approximate surface area is 250 Å². The lowest BCUT2D eigenvalue weighted by atomic mass is 9.79. The molecule has 0 bridgehead atoms. The molecule has 9 heteroatoms. The lowest BCUT2D eigenvalue weighted by Crippen LogP contribution is -2.44. The molecule has 1 aliphatic carbocycles. The first-order valence-electron chi connectivity index (χ1n) is 15.6. The quantitative estimate of drug-likeness (QED) is 0.350. The molecule has 1 atom stereocenters. The second-order valence-corrected chi connectivity index (χ2v) is 12.5. The zero-order valence-corrected chi connectivity index (χ0v) is 25.5. The summed E-state index contributed by atoms with van der Waals surface area (Å²) >= 11 is 0. The van der Waals surface area contributed by atoms with Crippen molar-refractivity contribution in [3.63, 3.8) is 0 Å². The predicted molar refractivity (Wildman–Crippen MR) is 164 cm³/mol. The number of pyridine rings is 1. The normalized spacial score (nSPS) is 21.6. The molecule has 2 aromatic rings. The minimum Gasteiger partial charge on any atom is -0.480 e. The van der Waals surface area contributed by atoms with Crippen LogP contribution in [0.1, 0.15) is 70.4 Å². The van der Waals surface area contributed by atoms with Crippen molar-refractivity contribution in [2.45, 2.75) is 77.5 Å². The van der Waals surface area contributed by atoms with Crippen LogP contribution < -0.4 is 10.6 Å². The van der Waals surface area contributed by atoms with Gasteiger partial charge in [-0.05, 0) is 93.7 Å². The fourth-order valence-corrected chi connectivity index (χ4v) is 6.51. The Morgan fingerprint density at radius 2 is 1.88 bits per heavy atom. The van der Waals surface area contributed by atoms with Gasteiger partial charge in [-0.1, -0.05) is 18.2 Å². The summed E-state index contributed by atoms with van der Waals surface area (Å²) in [6, 6.07) is 7.50. The highest BCUT2D eigenvalue weighted by molar-refractivity contribution is 5.99. The first-order chi connectivity index (χ1) is 20.2. The van der Waals surface area contributed by atoms with Crippen LogP contribution in [0.15, 0.2) is 24.3 Å². The fourth-order valence-electron chi connectivity index (χ4n) is 6.51. The van der Waals surface area contributed by atoms with Crippen LogP contribution in [0.2, 0.25) is 0 Å². The van der Waals surface area contributed by atoms with Crippen LogP contribution in [0.25, 0.3) is 0 Å². The number of aromatic nitrogens is 1. The second-order valence-electron chi connectivity index (χ2n) is 12.5. The number of carboxylic acid groups (broad SMARTS) is 1. The Kier molecular flexibility index (Phi) is 10.1. The van der Waals surface area contributed by atoms with Crippen LogP contribution in [0.5, 0.6) is 0 Å². The largest absolute Gasteiger partial charge is 0.480 e. The Morgan fingerprint density at radius 1 is 1.14 bits per heavy atom. The first-order valence-corrected chi connectivity index (χ1v) is 15.6. The number of amides is 1. The molecule has 1 saturated heterocycles. The number of fused-ring (bicyclic) bond motifs is 1. The summed E-state index contributed by atoms with van der Waals surface area (Å²) in [5, 5.41) is 16.0. The molecule has 3 heterocycles. The average Bonchev–Trinajstić information content (AvgIpc) is 2.93. The van der Waals surface area contributed by atoms with E-state index in [1.165, 1.54) is 17.5 Å². The molecule has 9 nitrogen and oxygen atoms in total. The fraction of sp³-hybridized carbons (Fsp3) is 0.606. The number of piperazine rings is 1. The number of nitrogens with one attached hydrogen (secondary N) is 2. The van der Waals surface area contributed by atoms with Gasteiger partial charge in [-0.15, -0.1) is 0 Å². The SMILES string of the molecule is Cc1cc(CN2CCN(C)CC2)cc(C)c1C(=O)NC(CCOC1CC(CCc2ccc3c(n2)NCCC3)C1)C(=O)O. The molecular weight excluding hydrogens is 530 g/mol. The van der Waals surface area contributed by atoms with E-state index >= 15 is 0 Å². The Morgan fingerprint density at radius 3 is 2.60 bits per heavy atom. The van der Waals surface area contributed by atoms with Crippen molar-refractivity contribution in [3.8, 4) is 0 Å². The maximum atomic E-state index is 13.2. The van der Waals surface area contributed by atoms with Crippen molar-refractivity contribution < 1.29 is 19.4 Å². The number of anilines is 1. The van der Waals surface area contributed by atoms with Crippen molar-refractivity contribution in [1.82, 2.24) is 20.1 Å². The summed E-state index contributed by atoms with van der Waals surface area (Å²) in [6.45, 7) is 10.2. The molecule has 0 radical (unpaired) electrons. The monoisotopic (exact) mass is 577 g/mol. The van der Waals surface area contributed by atoms with Gasteiger partial charge in [0.25, 0.3) is 5.91 Å². The summed E-state index contributed by atoms with van der Waals surface area (Å²) in [5.41, 5.74) is 5.96. The minimum atomic E-state index is -1.03. The number of carboxylic acids is 1. The molecule has 2 aliphatic heterocycles. The number of carbonyl (C=O) groups is 2. The van der Waals surface area contributed by atoms with Crippen LogP contribution in [-0.2, 0) is 28.9 Å². The van der Waals surface area contributed by atoms with Gasteiger partial charge in [-0.3, -0.25) is 9.69 Å². The van der Waals surface area contributed by atoms with Crippen LogP contribution in [0.4, 0.5) is 5.82 Å². The van der Waals surface area contributed by atoms with E-state index in [9.17, 15) is 14.7 Å². The maximum Gasteiger partial charge on any atom is 0.326 e. The van der Waals surface area contributed by atoms with E-state index in [4.69, 9.17) is 9.72 Å². The Hall–Kier alpha value is -3.01. The maximum absolute atomic E-state index is 13.2. The van der Waals surface area contributed by atoms with E-state index in [1.54, 1.807) is 0 Å². The van der Waals surface area contributed by atoms with E-state index in [1.807, 2.05) is 13.8 Å². The number of nitrogens with zero attached hydrogens (tertiary/aromatic N) is 3. The summed E-state index contributed by atoms with van der Waals surface area (Å²) in [7, 11) is 2.15. The molecule has 3 aliphatic rings. The highest BCUT2D eigenvalue weighted by atomic mass is 16.5. The van der Waals surface area contributed by atoms with Crippen LogP contribution in [-0.4, -0.2) is 90.3 Å². The number of hydrogen-bond acceptors (Lipinski definition) is 7. The average molecular weight is 578 g/mol. The lowest BCUT2D eigenvalue weighted by molar-refractivity contribution is -0.140. The smallest absolute Gasteiger partial charge is 0.326 e. The Balaban J connectivity index is 1.04. The van der Waals surface area contributed by atoms with Crippen molar-refractivity contribution in [2.75, 3.05) is 51.7 Å². The third-order valence-electron chi connectivity index (χ3n) is 9.14. The highest BCUT2D eigenvalue weighted by Crippen LogP contribution is 2.34. The van der Waals surface area contributed by atoms with Gasteiger partial charge in [0, 0.05) is 63.6 Å². The Bertz CT molecular complexity index is 1230. The number of benzene rings is 1. The number of rotatable bonds is 12. The molecule has 1 unspecified atom stereocenters. The van der Waals surface area contributed by atoms with Crippen LogP contribution >= 0.6 is 0 Å². The summed E-state index contributed by atoms with van der Waals surface area (Å²) in [5.74, 6) is 0.295. The van der Waals surface area contributed by atoms with E-state index in [0.29, 0.717) is 18.1 Å². The molecular formula is C33H47N5O4. The van der Waals surface area contributed by atoms with Gasteiger partial charge in [-0.25, -0.2) is 9.78 Å². The molecule has 1 saturated carbocycles. The second kappa shape index (κ2) is 14.0. The zero-order valence-electron chi connectivity index (χ0n) is 25.5. The number of ether oxygens (including phenoxy) is 1. The topological polar surface area (TPSA) is 107 Å². The van der Waals surface area contributed by atoms with Crippen molar-refractivity contribution >= 4 is 17.7 Å². The number of carbonyl (C=O) groups excluding carboxylic acids is 1. The zero-order chi connectivity index (χ0) is 29.6. The van der Waals surface area contributed by atoms with E-state index in [0.717, 1.165) is 94.0 Å². The van der Waals surface area contributed by atoms with Gasteiger partial charge >= 0.3 is 5.97 Å². The van der Waals surface area contributed by atoms with E-state index in [-0.39, 0.29) is 18.4 Å². The molecule has 5 rings (SSSR count). The van der Waals surface area contributed by atoms with Gasteiger partial charge in [0.2, 0.25) is 0 Å². The van der Waals surface area contributed by atoms with Crippen LogP contribution in [0, 0.1) is 19.8 Å². The van der Waals surface area contributed by atoms with E-state index in [2.05, 4.69) is 51.7 Å². The molecule has 2 fully saturated rings. The molecule has 0 spiro atoms. The van der Waals surface area contributed by atoms with Gasteiger partial charge in [0.05, 0.1) is 6.10 Å². The number of aliphatic carboxylic acids is 1. The summed E-state index contributed by atoms with van der Waals surface area (Å²) in [4.78, 5) is 34.7. The molecule has 228 valence electrons. The van der Waals surface area contributed by atoms with Gasteiger partial charge in [0.1, 0.15) is 11.9 Å². The molecule has 3 N–H and O–H groups in total. The van der Waals surface area contributed by atoms with Gasteiger partial charge < -0.3 is 25.4 Å². The summed E-state index contributed by atoms with van der Waals surface area (Å²) < 4.78 is 6.00. The minimum absolute atomic E-state index is 0.163. The predicted octanol–water partition coefficient (Wildman–Crippen LogP) is 3.81. The third kappa shape index (κ3) is 7.88. The standard InChI is InChI=1S/C33H47N5O4/c1-22-17-25(21-38-14-12-37(3)13-15-38)18-23(2)30(22)32(39)36-29(33(40)41)10-16-42-28-19-24(20-28)6-8-27-9-7-26-5-4-11-34-31(26)35-27/h7,9,17-18,24,28-29H,4-6,8,10-16,19-21H2,1-3H3,(H,34,35)(H,36,39)(H,40,41). The number of hydrogen-bond donors (Lipinski definition) is 3. The van der Waals surface area contributed by atoms with Gasteiger partial charge in [-0.2, -0.15) is 0 Å². The third-order valence-corrected chi connectivity index (χ3v) is 9.14. The molecule has 1 aromatic heterocycles. The van der Waals surface area contributed by atoms with Crippen molar-refractivity contribution in [2.24, 2.45) is 5.92 Å². The highest BCUT2D eigenvalue weighted by Gasteiger charge is 2.30.